The number of esters is 1. The van der Waals surface area contributed by atoms with Gasteiger partial charge in [-0.15, -0.1) is 0 Å². The van der Waals surface area contributed by atoms with Crippen LogP contribution in [0.25, 0.3) is 5.57 Å². The summed E-state index contributed by atoms with van der Waals surface area (Å²) in [6, 6.07) is 9.75. The van der Waals surface area contributed by atoms with Crippen molar-refractivity contribution in [2.45, 2.75) is 47.0 Å². The smallest absolute Gasteiger partial charge is 0.338 e. The van der Waals surface area contributed by atoms with Crippen molar-refractivity contribution < 1.29 is 9.53 Å². The zero-order valence-corrected chi connectivity index (χ0v) is 14.3. The number of ether oxygens (including phenoxy) is 1. The lowest BCUT2D eigenvalue weighted by molar-refractivity contribution is -0.136. The van der Waals surface area contributed by atoms with E-state index in [9.17, 15) is 4.79 Å². The van der Waals surface area contributed by atoms with E-state index in [1.54, 1.807) is 0 Å². The summed E-state index contributed by atoms with van der Waals surface area (Å²) in [6.07, 6.45) is 7.41. The van der Waals surface area contributed by atoms with Crippen molar-refractivity contribution in [3.05, 3.63) is 53.6 Å². The van der Waals surface area contributed by atoms with Crippen molar-refractivity contribution in [1.29, 1.82) is 0 Å². The molecular formula is C20H28O2. The standard InChI is InChI=1S/C20H28O2/c1-5-22-20(21)19(18-12-7-6-8-13-18)15-14-17(4)11-9-10-16(2)3/h6-8,10,12-13,15,17H,5,9,11,14H2,1-4H3/b19-15+. The van der Waals surface area contributed by atoms with Gasteiger partial charge in [0.05, 0.1) is 12.2 Å². The molecule has 22 heavy (non-hydrogen) atoms. The largest absolute Gasteiger partial charge is 0.462 e. The van der Waals surface area contributed by atoms with E-state index in [0.29, 0.717) is 18.1 Å². The van der Waals surface area contributed by atoms with Crippen LogP contribution in [0.15, 0.2) is 48.1 Å². The molecule has 1 atom stereocenters. The first-order chi connectivity index (χ1) is 10.5. The van der Waals surface area contributed by atoms with Crippen molar-refractivity contribution in [3.8, 4) is 0 Å². The number of carbonyl (C=O) groups is 1. The molecule has 0 saturated heterocycles. The van der Waals surface area contributed by atoms with E-state index in [4.69, 9.17) is 4.74 Å². The van der Waals surface area contributed by atoms with E-state index in [1.807, 2.05) is 43.3 Å². The Bertz CT molecular complexity index is 508. The summed E-state index contributed by atoms with van der Waals surface area (Å²) in [5.41, 5.74) is 2.97. The molecule has 120 valence electrons. The van der Waals surface area contributed by atoms with Gasteiger partial charge in [0.2, 0.25) is 0 Å². The highest BCUT2D eigenvalue weighted by atomic mass is 16.5. The molecule has 1 rings (SSSR count). The number of hydrogen-bond acceptors (Lipinski definition) is 2. The summed E-state index contributed by atoms with van der Waals surface area (Å²) in [4.78, 5) is 12.2. The molecule has 0 radical (unpaired) electrons. The molecule has 0 heterocycles. The van der Waals surface area contributed by atoms with Gasteiger partial charge < -0.3 is 4.74 Å². The molecule has 0 fully saturated rings. The Hall–Kier alpha value is -1.83. The molecule has 1 unspecified atom stereocenters. The predicted molar refractivity (Wildman–Crippen MR) is 93.5 cm³/mol. The maximum absolute atomic E-state index is 12.2. The van der Waals surface area contributed by atoms with Crippen LogP contribution in [0.4, 0.5) is 0 Å². The van der Waals surface area contributed by atoms with Crippen LogP contribution in [-0.4, -0.2) is 12.6 Å². The van der Waals surface area contributed by atoms with E-state index >= 15 is 0 Å². The fourth-order valence-corrected chi connectivity index (χ4v) is 2.24. The minimum absolute atomic E-state index is 0.231. The van der Waals surface area contributed by atoms with Gasteiger partial charge in [-0.3, -0.25) is 0 Å². The molecular weight excluding hydrogens is 272 g/mol. The van der Waals surface area contributed by atoms with Gasteiger partial charge >= 0.3 is 5.97 Å². The minimum Gasteiger partial charge on any atom is -0.462 e. The highest BCUT2D eigenvalue weighted by Crippen LogP contribution is 2.20. The molecule has 1 aromatic rings. The van der Waals surface area contributed by atoms with Crippen molar-refractivity contribution >= 4 is 11.5 Å². The molecule has 0 aliphatic heterocycles. The Morgan fingerprint density at radius 1 is 1.18 bits per heavy atom. The van der Waals surface area contributed by atoms with Gasteiger partial charge in [-0.05, 0) is 51.5 Å². The van der Waals surface area contributed by atoms with E-state index in [0.717, 1.165) is 24.8 Å². The second kappa shape index (κ2) is 9.99. The quantitative estimate of drug-likeness (QED) is 0.365. The van der Waals surface area contributed by atoms with Gasteiger partial charge in [0.15, 0.2) is 0 Å². The van der Waals surface area contributed by atoms with Gasteiger partial charge in [-0.25, -0.2) is 4.79 Å². The molecule has 0 spiro atoms. The van der Waals surface area contributed by atoms with Crippen LogP contribution in [0.3, 0.4) is 0 Å². The Morgan fingerprint density at radius 3 is 2.45 bits per heavy atom. The van der Waals surface area contributed by atoms with Crippen LogP contribution in [0.1, 0.15) is 52.5 Å². The fourth-order valence-electron chi connectivity index (χ4n) is 2.24. The van der Waals surface area contributed by atoms with E-state index in [1.165, 1.54) is 5.57 Å². The summed E-state index contributed by atoms with van der Waals surface area (Å²) in [6.45, 7) is 8.71. The molecule has 0 bridgehead atoms. The van der Waals surface area contributed by atoms with Crippen LogP contribution >= 0.6 is 0 Å². The predicted octanol–water partition coefficient (Wildman–Crippen LogP) is 5.41. The number of carbonyl (C=O) groups excluding carboxylic acids is 1. The third-order valence-corrected chi connectivity index (χ3v) is 3.52. The van der Waals surface area contributed by atoms with Crippen molar-refractivity contribution in [2.75, 3.05) is 6.61 Å². The van der Waals surface area contributed by atoms with Crippen LogP contribution in [0.5, 0.6) is 0 Å². The maximum Gasteiger partial charge on any atom is 0.338 e. The second-order valence-corrected chi connectivity index (χ2v) is 5.90. The van der Waals surface area contributed by atoms with E-state index < -0.39 is 0 Å². The summed E-state index contributed by atoms with van der Waals surface area (Å²) in [5.74, 6) is 0.314. The Kier molecular flexibility index (Phi) is 8.27. The third kappa shape index (κ3) is 6.75. The number of benzene rings is 1. The van der Waals surface area contributed by atoms with Gasteiger partial charge in [0.25, 0.3) is 0 Å². The van der Waals surface area contributed by atoms with Crippen LogP contribution in [0, 0.1) is 5.92 Å². The Labute approximate surface area is 134 Å². The molecule has 1 aromatic carbocycles. The lowest BCUT2D eigenvalue weighted by Crippen LogP contribution is -2.07. The summed E-state index contributed by atoms with van der Waals surface area (Å²) in [7, 11) is 0. The highest BCUT2D eigenvalue weighted by molar-refractivity contribution is 6.16. The van der Waals surface area contributed by atoms with E-state index in [2.05, 4.69) is 26.8 Å². The normalized spacial score (nSPS) is 12.6. The summed E-state index contributed by atoms with van der Waals surface area (Å²) >= 11 is 0. The van der Waals surface area contributed by atoms with Crippen molar-refractivity contribution in [1.82, 2.24) is 0 Å². The Morgan fingerprint density at radius 2 is 1.86 bits per heavy atom. The fraction of sp³-hybridized carbons (Fsp3) is 0.450. The number of hydrogen-bond donors (Lipinski definition) is 0. The maximum atomic E-state index is 12.2. The van der Waals surface area contributed by atoms with Gasteiger partial charge in [0, 0.05) is 0 Å². The summed E-state index contributed by atoms with van der Waals surface area (Å²) < 4.78 is 5.19. The molecule has 0 aromatic heterocycles. The zero-order valence-electron chi connectivity index (χ0n) is 14.3. The monoisotopic (exact) mass is 300 g/mol. The first-order valence-corrected chi connectivity index (χ1v) is 8.10. The average Bonchev–Trinajstić information content (AvgIpc) is 2.48. The average molecular weight is 300 g/mol. The van der Waals surface area contributed by atoms with Crippen molar-refractivity contribution in [3.63, 3.8) is 0 Å². The van der Waals surface area contributed by atoms with Crippen LogP contribution in [0.2, 0.25) is 0 Å². The lowest BCUT2D eigenvalue weighted by Gasteiger charge is -2.10. The molecule has 0 amide bonds. The third-order valence-electron chi connectivity index (χ3n) is 3.52. The number of allylic oxidation sites excluding steroid dienone is 3. The highest BCUT2D eigenvalue weighted by Gasteiger charge is 2.13. The van der Waals surface area contributed by atoms with Crippen LogP contribution in [-0.2, 0) is 9.53 Å². The van der Waals surface area contributed by atoms with Gasteiger partial charge in [0.1, 0.15) is 0 Å². The first kappa shape index (κ1) is 18.2. The molecule has 0 saturated carbocycles. The number of rotatable bonds is 8. The zero-order chi connectivity index (χ0) is 16.4. The van der Waals surface area contributed by atoms with E-state index in [-0.39, 0.29) is 5.97 Å². The van der Waals surface area contributed by atoms with Gasteiger partial charge in [-0.1, -0.05) is 55.0 Å². The van der Waals surface area contributed by atoms with Crippen molar-refractivity contribution in [2.24, 2.45) is 5.92 Å². The molecule has 0 N–H and O–H groups in total. The molecule has 0 aliphatic rings. The molecule has 0 aliphatic carbocycles. The second-order valence-electron chi connectivity index (χ2n) is 5.90. The first-order valence-electron chi connectivity index (χ1n) is 8.10. The van der Waals surface area contributed by atoms with Crippen LogP contribution < -0.4 is 0 Å². The molecule has 2 heteroatoms. The summed E-state index contributed by atoms with van der Waals surface area (Å²) in [5, 5.41) is 0. The van der Waals surface area contributed by atoms with Gasteiger partial charge in [-0.2, -0.15) is 0 Å². The molecule has 2 nitrogen and oxygen atoms in total. The SMILES string of the molecule is CCOC(=O)/C(=C/CC(C)CCC=C(C)C)c1ccccc1. The minimum atomic E-state index is -0.231. The lowest BCUT2D eigenvalue weighted by atomic mass is 9.97. The Balaban J connectivity index is 2.75. The topological polar surface area (TPSA) is 26.3 Å².